The number of pyridine rings is 1. The number of rotatable bonds is 14. The number of imide groups is 1. The number of amides is 2. The van der Waals surface area contributed by atoms with Crippen molar-refractivity contribution in [2.45, 2.75) is 71.3 Å². The number of aromatic hydroxyl groups is 1. The second-order valence-corrected chi connectivity index (χ2v) is 12.4. The third-order valence-corrected chi connectivity index (χ3v) is 8.15. The molecular formula is C31H34N5O10P. The number of carbonyl (C=O) groups excluding carboxylic acids is 4. The van der Waals surface area contributed by atoms with Crippen molar-refractivity contribution >= 4 is 59.1 Å². The second kappa shape index (κ2) is 13.9. The van der Waals surface area contributed by atoms with Gasteiger partial charge >= 0.3 is 13.8 Å². The summed E-state index contributed by atoms with van der Waals surface area (Å²) in [6, 6.07) is 9.38. The van der Waals surface area contributed by atoms with Gasteiger partial charge in [-0.05, 0) is 48.7 Å². The van der Waals surface area contributed by atoms with E-state index in [1.165, 1.54) is 18.2 Å². The molecule has 1 fully saturated rings. The topological polar surface area (TPSA) is 224 Å². The Morgan fingerprint density at radius 3 is 2.45 bits per heavy atom. The maximum atomic E-state index is 12.6. The number of anilines is 1. The summed E-state index contributed by atoms with van der Waals surface area (Å²) in [5.41, 5.74) is 9.14. The van der Waals surface area contributed by atoms with E-state index >= 15 is 0 Å². The first-order chi connectivity index (χ1) is 22.3. The Morgan fingerprint density at radius 1 is 1.00 bits per heavy atom. The summed E-state index contributed by atoms with van der Waals surface area (Å²) in [7, 11) is -4.83. The summed E-state index contributed by atoms with van der Waals surface area (Å²) in [6.07, 6.45) is 2.32. The van der Waals surface area contributed by atoms with E-state index in [2.05, 4.69) is 4.98 Å². The number of nitrogens with two attached hydrogens (primary N) is 1. The van der Waals surface area contributed by atoms with Crippen LogP contribution >= 0.6 is 7.82 Å². The van der Waals surface area contributed by atoms with Crippen LogP contribution in [0.2, 0.25) is 0 Å². The molecule has 2 aromatic heterocycles. The van der Waals surface area contributed by atoms with Gasteiger partial charge in [0.25, 0.3) is 11.8 Å². The molecule has 0 bridgehead atoms. The number of nitrogens with zero attached hydrogens (tertiary/aromatic N) is 4. The highest BCUT2D eigenvalue weighted by Gasteiger charge is 2.32. The number of ketones is 1. The summed E-state index contributed by atoms with van der Waals surface area (Å²) in [4.78, 5) is 80.7. The molecule has 1 saturated heterocycles. The smallest absolute Gasteiger partial charge is 0.508 e. The van der Waals surface area contributed by atoms with Crippen molar-refractivity contribution in [3.63, 3.8) is 0 Å². The maximum Gasteiger partial charge on any atom is 0.524 e. The van der Waals surface area contributed by atoms with Gasteiger partial charge < -0.3 is 24.8 Å². The van der Waals surface area contributed by atoms with Crippen molar-refractivity contribution in [2.75, 3.05) is 5.73 Å². The number of hydroxylamine groups is 2. The van der Waals surface area contributed by atoms with Crippen molar-refractivity contribution in [1.82, 2.24) is 19.6 Å². The number of phenolic OH excluding ortho intramolecular Hbond substituents is 1. The number of aryl methyl sites for hydroxylation is 2. The molecule has 2 aromatic carbocycles. The van der Waals surface area contributed by atoms with Gasteiger partial charge in [0, 0.05) is 43.1 Å². The van der Waals surface area contributed by atoms with Crippen molar-refractivity contribution in [3.05, 3.63) is 53.3 Å². The van der Waals surface area contributed by atoms with Gasteiger partial charge in [0.2, 0.25) is 0 Å². The number of hydrogen-bond acceptors (Lipinski definition) is 11. The lowest BCUT2D eigenvalue weighted by Crippen LogP contribution is -2.32. The molecule has 47 heavy (non-hydrogen) atoms. The lowest BCUT2D eigenvalue weighted by molar-refractivity contribution is -0.197. The fourth-order valence-corrected chi connectivity index (χ4v) is 5.75. The van der Waals surface area contributed by atoms with Crippen LogP contribution in [0.4, 0.5) is 5.82 Å². The molecule has 248 valence electrons. The van der Waals surface area contributed by atoms with E-state index in [9.17, 15) is 38.6 Å². The van der Waals surface area contributed by atoms with Gasteiger partial charge in [-0.3, -0.25) is 24.2 Å². The van der Waals surface area contributed by atoms with Crippen LogP contribution in [-0.4, -0.2) is 58.1 Å². The molecule has 4 aromatic rings. The van der Waals surface area contributed by atoms with E-state index in [0.717, 1.165) is 18.4 Å². The van der Waals surface area contributed by atoms with Gasteiger partial charge in [-0.25, -0.2) is 19.3 Å². The number of imidazole rings is 1. The number of unbranched alkanes of at least 4 members (excludes halogenated alkanes) is 1. The van der Waals surface area contributed by atoms with Crippen LogP contribution in [0.3, 0.4) is 0 Å². The minimum absolute atomic E-state index is 0.0178. The first-order valence-electron chi connectivity index (χ1n) is 15.1. The monoisotopic (exact) mass is 667 g/mol. The predicted molar refractivity (Wildman–Crippen MR) is 168 cm³/mol. The first-order valence-corrected chi connectivity index (χ1v) is 16.6. The van der Waals surface area contributed by atoms with Crippen LogP contribution in [-0.2, 0) is 48.0 Å². The normalized spacial score (nSPS) is 13.6. The standard InChI is InChI=1S/C31H34N5O10P/c1-2-3-4-25-34-29-30(35(25)17-19-16-21(9-11-24(19)38)46-47(42,43)44)22-15-18(6-10-23(22)33-31(29)32)5-7-20(37)8-14-28(41)45-36-26(39)12-13-27(36)40/h6,9-11,15-16,38H,2-5,7-8,12-14,17H2,1H3,(H2,32,33)(H2,42,43,44). The van der Waals surface area contributed by atoms with Gasteiger partial charge in [0.1, 0.15) is 28.6 Å². The Hall–Kier alpha value is -4.85. The van der Waals surface area contributed by atoms with Gasteiger partial charge in [-0.2, -0.15) is 0 Å². The third kappa shape index (κ3) is 7.94. The van der Waals surface area contributed by atoms with E-state index in [1.54, 1.807) is 6.07 Å². The number of carbonyl (C=O) groups is 4. The molecule has 0 atom stereocenters. The van der Waals surface area contributed by atoms with Crippen LogP contribution < -0.4 is 10.3 Å². The largest absolute Gasteiger partial charge is 0.524 e. The van der Waals surface area contributed by atoms with Crippen molar-refractivity contribution in [1.29, 1.82) is 0 Å². The van der Waals surface area contributed by atoms with Crippen molar-refractivity contribution < 1.29 is 48.0 Å². The summed E-state index contributed by atoms with van der Waals surface area (Å²) < 4.78 is 18.1. The number of benzene rings is 2. The predicted octanol–water partition coefficient (Wildman–Crippen LogP) is 3.62. The van der Waals surface area contributed by atoms with Gasteiger partial charge in [0.05, 0.1) is 24.0 Å². The van der Waals surface area contributed by atoms with E-state index in [4.69, 9.17) is 20.1 Å². The first kappa shape index (κ1) is 33.5. The number of phenols is 1. The van der Waals surface area contributed by atoms with Crippen LogP contribution in [0, 0.1) is 0 Å². The van der Waals surface area contributed by atoms with Gasteiger partial charge in [0.15, 0.2) is 5.82 Å². The number of hydrogen-bond donors (Lipinski definition) is 4. The average molecular weight is 668 g/mol. The Morgan fingerprint density at radius 2 is 1.74 bits per heavy atom. The fraction of sp³-hybridized carbons (Fsp3) is 0.355. The molecule has 0 saturated carbocycles. The second-order valence-electron chi connectivity index (χ2n) is 11.2. The van der Waals surface area contributed by atoms with Crippen LogP contribution in [0.1, 0.15) is 68.8 Å². The number of phosphoric acid groups is 1. The summed E-state index contributed by atoms with van der Waals surface area (Å²) >= 11 is 0. The lowest BCUT2D eigenvalue weighted by atomic mass is 10.0. The molecule has 0 spiro atoms. The summed E-state index contributed by atoms with van der Waals surface area (Å²) in [5.74, 6) is -1.57. The van der Waals surface area contributed by atoms with E-state index < -0.39 is 25.6 Å². The highest BCUT2D eigenvalue weighted by atomic mass is 31.2. The quantitative estimate of drug-likeness (QED) is 0.111. The molecule has 5 rings (SSSR count). The van der Waals surface area contributed by atoms with Crippen molar-refractivity contribution in [3.8, 4) is 11.5 Å². The molecule has 1 aliphatic heterocycles. The summed E-state index contributed by atoms with van der Waals surface area (Å²) in [5, 5.41) is 11.8. The lowest BCUT2D eigenvalue weighted by Gasteiger charge is -2.14. The Kier molecular flexibility index (Phi) is 9.89. The molecule has 1 aliphatic rings. The number of Topliss-reactive ketones (excluding diaryl/α,β-unsaturated/α-hetero) is 1. The average Bonchev–Trinajstić information content (AvgIpc) is 3.54. The maximum absolute atomic E-state index is 12.6. The molecule has 0 unspecified atom stereocenters. The van der Waals surface area contributed by atoms with E-state index in [1.807, 2.05) is 23.6 Å². The minimum Gasteiger partial charge on any atom is -0.508 e. The summed E-state index contributed by atoms with van der Waals surface area (Å²) in [6.45, 7) is 2.12. The number of nitrogen functional groups attached to an aromatic ring is 1. The molecule has 0 radical (unpaired) electrons. The Labute approximate surface area is 268 Å². The van der Waals surface area contributed by atoms with Crippen LogP contribution in [0.25, 0.3) is 21.9 Å². The zero-order valence-electron chi connectivity index (χ0n) is 25.5. The highest BCUT2D eigenvalue weighted by Crippen LogP contribution is 2.39. The zero-order valence-corrected chi connectivity index (χ0v) is 26.4. The SMILES string of the molecule is CCCCc1nc2c(N)nc3ccc(CCC(=O)CCC(=O)ON4C(=O)CCC4=O)cc3c2n1Cc1cc(OP(=O)(O)O)ccc1O. The Balaban J connectivity index is 1.40. The molecule has 0 aliphatic carbocycles. The van der Waals surface area contributed by atoms with E-state index in [-0.39, 0.29) is 61.7 Å². The molecule has 15 nitrogen and oxygen atoms in total. The number of fused-ring (bicyclic) bond motifs is 3. The van der Waals surface area contributed by atoms with Crippen LogP contribution in [0.5, 0.6) is 11.5 Å². The Bertz CT molecular complexity index is 1920. The molecule has 16 heteroatoms. The molecule has 3 heterocycles. The van der Waals surface area contributed by atoms with Gasteiger partial charge in [-0.15, -0.1) is 5.06 Å². The van der Waals surface area contributed by atoms with Gasteiger partial charge in [-0.1, -0.05) is 19.4 Å². The molecule has 5 N–H and O–H groups in total. The molecule has 2 amide bonds. The minimum atomic E-state index is -4.83. The zero-order chi connectivity index (χ0) is 33.9. The highest BCUT2D eigenvalue weighted by molar-refractivity contribution is 7.46. The van der Waals surface area contributed by atoms with Crippen molar-refractivity contribution in [2.24, 2.45) is 0 Å². The van der Waals surface area contributed by atoms with E-state index in [0.29, 0.717) is 51.2 Å². The number of phosphoric ester groups is 1. The molecular weight excluding hydrogens is 633 g/mol. The third-order valence-electron chi connectivity index (χ3n) is 7.70. The number of aromatic nitrogens is 3. The fourth-order valence-electron chi connectivity index (χ4n) is 5.36. The van der Waals surface area contributed by atoms with Crippen LogP contribution in [0.15, 0.2) is 36.4 Å².